The van der Waals surface area contributed by atoms with Crippen LogP contribution in [0.2, 0.25) is 0 Å². The zero-order chi connectivity index (χ0) is 22.1. The molecule has 10 heteroatoms. The van der Waals surface area contributed by atoms with Gasteiger partial charge < -0.3 is 19.0 Å². The molecule has 4 heterocycles. The van der Waals surface area contributed by atoms with Crippen LogP contribution in [0.15, 0.2) is 57.7 Å². The van der Waals surface area contributed by atoms with Gasteiger partial charge in [-0.3, -0.25) is 4.79 Å². The van der Waals surface area contributed by atoms with Crippen molar-refractivity contribution in [1.82, 2.24) is 24.5 Å². The molecule has 1 aliphatic rings. The quantitative estimate of drug-likeness (QED) is 0.418. The number of carbonyl (C=O) groups excluding carboxylic acids is 1. The number of hydrogen-bond acceptors (Lipinski definition) is 7. The number of aromatic nitrogens is 4. The summed E-state index contributed by atoms with van der Waals surface area (Å²) in [6, 6.07) is 13.1. The number of amides is 1. The first-order chi connectivity index (χ1) is 15.6. The molecule has 0 atom stereocenters. The fourth-order valence-electron chi connectivity index (χ4n) is 3.71. The lowest BCUT2D eigenvalue weighted by Crippen LogP contribution is -2.49. The Kier molecular flexibility index (Phi) is 5.52. The predicted octanol–water partition coefficient (Wildman–Crippen LogP) is 3.33. The van der Waals surface area contributed by atoms with Crippen LogP contribution in [-0.4, -0.2) is 56.6 Å². The fourth-order valence-corrected chi connectivity index (χ4v) is 4.09. The lowest BCUT2D eigenvalue weighted by atomic mass is 10.2. The average molecular weight is 497 g/mol. The van der Waals surface area contributed by atoms with Crippen LogP contribution < -0.4 is 9.64 Å². The number of aryl methyl sites for hydroxylation is 1. The maximum atomic E-state index is 12.9. The van der Waals surface area contributed by atoms with Gasteiger partial charge >= 0.3 is 0 Å². The van der Waals surface area contributed by atoms with Crippen LogP contribution in [0.1, 0.15) is 22.0 Å². The van der Waals surface area contributed by atoms with Crippen LogP contribution in [0.3, 0.4) is 0 Å². The molecule has 0 radical (unpaired) electrons. The van der Waals surface area contributed by atoms with E-state index in [0.717, 1.165) is 21.7 Å². The van der Waals surface area contributed by atoms with Crippen molar-refractivity contribution in [3.8, 4) is 5.75 Å². The molecule has 5 rings (SSSR count). The van der Waals surface area contributed by atoms with Crippen LogP contribution >= 0.6 is 15.9 Å². The third-order valence-electron chi connectivity index (χ3n) is 5.30. The molecule has 1 aromatic carbocycles. The van der Waals surface area contributed by atoms with E-state index in [1.165, 1.54) is 6.33 Å². The second-order valence-electron chi connectivity index (χ2n) is 7.52. The molecule has 0 saturated carbocycles. The smallest absolute Gasteiger partial charge is 0.289 e. The third kappa shape index (κ3) is 4.18. The van der Waals surface area contributed by atoms with Crippen molar-refractivity contribution in [3.05, 3.63) is 70.5 Å². The van der Waals surface area contributed by atoms with Crippen molar-refractivity contribution in [2.75, 3.05) is 31.1 Å². The van der Waals surface area contributed by atoms with E-state index in [1.807, 2.05) is 37.3 Å². The topological polar surface area (TPSA) is 89.0 Å². The van der Waals surface area contributed by atoms with Gasteiger partial charge in [-0.25, -0.2) is 4.98 Å². The van der Waals surface area contributed by atoms with E-state index in [1.54, 1.807) is 21.5 Å². The normalized spacial score (nSPS) is 14.2. The van der Waals surface area contributed by atoms with E-state index >= 15 is 0 Å². The molecule has 0 N–H and O–H groups in total. The van der Waals surface area contributed by atoms with E-state index in [-0.39, 0.29) is 12.5 Å². The van der Waals surface area contributed by atoms with Gasteiger partial charge in [0.25, 0.3) is 11.7 Å². The van der Waals surface area contributed by atoms with E-state index in [9.17, 15) is 4.79 Å². The van der Waals surface area contributed by atoms with Crippen molar-refractivity contribution in [3.63, 3.8) is 0 Å². The molecule has 9 nitrogen and oxygen atoms in total. The highest BCUT2D eigenvalue weighted by Gasteiger charge is 2.26. The molecule has 1 aliphatic heterocycles. The van der Waals surface area contributed by atoms with Gasteiger partial charge in [0.1, 0.15) is 30.3 Å². The van der Waals surface area contributed by atoms with Crippen LogP contribution in [0, 0.1) is 6.92 Å². The maximum absolute atomic E-state index is 12.9. The van der Waals surface area contributed by atoms with Crippen LogP contribution in [-0.2, 0) is 6.61 Å². The molecule has 0 unspecified atom stereocenters. The molecule has 32 heavy (non-hydrogen) atoms. The summed E-state index contributed by atoms with van der Waals surface area (Å²) in [5.41, 5.74) is 0.882. The molecule has 3 aromatic heterocycles. The summed E-state index contributed by atoms with van der Waals surface area (Å²) >= 11 is 3.42. The maximum Gasteiger partial charge on any atom is 0.289 e. The highest BCUT2D eigenvalue weighted by atomic mass is 79.9. The molecule has 1 fully saturated rings. The highest BCUT2D eigenvalue weighted by Crippen LogP contribution is 2.21. The predicted molar refractivity (Wildman–Crippen MR) is 121 cm³/mol. The van der Waals surface area contributed by atoms with Crippen molar-refractivity contribution in [2.24, 2.45) is 0 Å². The Morgan fingerprint density at radius 2 is 2.00 bits per heavy atom. The molecular weight excluding hydrogens is 476 g/mol. The minimum Gasteiger partial charge on any atom is -0.486 e. The molecule has 4 aromatic rings. The Hall–Kier alpha value is -3.40. The minimum atomic E-state index is -0.116. The summed E-state index contributed by atoms with van der Waals surface area (Å²) in [6.45, 7) is 4.73. The Balaban J connectivity index is 1.21. The number of carbonyl (C=O) groups is 1. The molecule has 0 bridgehead atoms. The summed E-state index contributed by atoms with van der Waals surface area (Å²) in [5.74, 6) is 3.05. The number of rotatable bonds is 5. The molecular formula is C22H21BrN6O3. The highest BCUT2D eigenvalue weighted by molar-refractivity contribution is 9.10. The monoisotopic (exact) mass is 496 g/mol. The van der Waals surface area contributed by atoms with Crippen LogP contribution in [0.4, 0.5) is 5.82 Å². The second-order valence-corrected chi connectivity index (χ2v) is 8.43. The summed E-state index contributed by atoms with van der Waals surface area (Å²) in [7, 11) is 0. The third-order valence-corrected chi connectivity index (χ3v) is 5.79. The van der Waals surface area contributed by atoms with Crippen molar-refractivity contribution >= 4 is 33.4 Å². The number of nitrogens with zero attached hydrogens (tertiary/aromatic N) is 6. The van der Waals surface area contributed by atoms with Crippen LogP contribution in [0.5, 0.6) is 5.75 Å². The number of fused-ring (bicyclic) bond motifs is 1. The molecule has 1 amide bonds. The summed E-state index contributed by atoms with van der Waals surface area (Å²) in [4.78, 5) is 25.5. The number of ether oxygens (including phenoxy) is 1. The lowest BCUT2D eigenvalue weighted by molar-refractivity contribution is 0.0710. The number of piperazine rings is 1. The van der Waals surface area contributed by atoms with Gasteiger partial charge in [-0.15, -0.1) is 0 Å². The Bertz CT molecular complexity index is 1260. The van der Waals surface area contributed by atoms with Crippen molar-refractivity contribution in [1.29, 1.82) is 0 Å². The Labute approximate surface area is 192 Å². The van der Waals surface area contributed by atoms with Crippen LogP contribution in [0.25, 0.3) is 5.78 Å². The number of benzene rings is 1. The van der Waals surface area contributed by atoms with Gasteiger partial charge in [0.2, 0.25) is 0 Å². The number of halogens is 1. The van der Waals surface area contributed by atoms with Gasteiger partial charge in [0.05, 0.1) is 0 Å². The van der Waals surface area contributed by atoms with Gasteiger partial charge in [-0.05, 0) is 37.3 Å². The lowest BCUT2D eigenvalue weighted by Gasteiger charge is -2.35. The van der Waals surface area contributed by atoms with Gasteiger partial charge in [-0.2, -0.15) is 14.6 Å². The van der Waals surface area contributed by atoms with Gasteiger partial charge in [0.15, 0.2) is 5.76 Å². The molecule has 1 saturated heterocycles. The number of anilines is 1. The Morgan fingerprint density at radius 1 is 1.16 bits per heavy atom. The first-order valence-corrected chi connectivity index (χ1v) is 11.0. The molecule has 164 valence electrons. The first kappa shape index (κ1) is 20.5. The van der Waals surface area contributed by atoms with Crippen molar-refractivity contribution in [2.45, 2.75) is 13.5 Å². The zero-order valence-corrected chi connectivity index (χ0v) is 19.0. The van der Waals surface area contributed by atoms with E-state index < -0.39 is 0 Å². The fraction of sp³-hybridized carbons (Fsp3) is 0.273. The summed E-state index contributed by atoms with van der Waals surface area (Å²) < 4.78 is 14.2. The van der Waals surface area contributed by atoms with Gasteiger partial charge in [-0.1, -0.05) is 22.0 Å². The largest absolute Gasteiger partial charge is 0.486 e. The minimum absolute atomic E-state index is 0.116. The number of furan rings is 1. The molecule has 0 aliphatic carbocycles. The SMILES string of the molecule is Cc1cc(N2CCN(C(=O)c3ccc(COc4cccc(Br)c4)o3)CC2)n2ncnc2n1. The Morgan fingerprint density at radius 3 is 2.81 bits per heavy atom. The van der Waals surface area contributed by atoms with E-state index in [2.05, 4.69) is 35.9 Å². The average Bonchev–Trinajstić information content (AvgIpc) is 3.46. The second kappa shape index (κ2) is 8.62. The number of hydrogen-bond donors (Lipinski definition) is 0. The van der Waals surface area contributed by atoms with E-state index in [0.29, 0.717) is 43.5 Å². The molecule has 0 spiro atoms. The van der Waals surface area contributed by atoms with Gasteiger partial charge in [0, 0.05) is 42.4 Å². The van der Waals surface area contributed by atoms with Crippen molar-refractivity contribution < 1.29 is 13.9 Å². The standard InChI is InChI=1S/C22H21BrN6O3/c1-15-11-20(29-22(26-15)24-14-25-29)27-7-9-28(10-8-27)21(30)19-6-5-18(32-19)13-31-17-4-2-3-16(23)12-17/h2-6,11-12,14H,7-10,13H2,1H3. The summed E-state index contributed by atoms with van der Waals surface area (Å²) in [5, 5.41) is 4.27. The summed E-state index contributed by atoms with van der Waals surface area (Å²) in [6.07, 6.45) is 1.50. The van der Waals surface area contributed by atoms with E-state index in [4.69, 9.17) is 9.15 Å². The zero-order valence-electron chi connectivity index (χ0n) is 17.4. The first-order valence-electron chi connectivity index (χ1n) is 10.3.